The summed E-state index contributed by atoms with van der Waals surface area (Å²) in [5.41, 5.74) is -2.57. The van der Waals surface area contributed by atoms with E-state index in [0.717, 1.165) is 12.1 Å². The largest absolute Gasteiger partial charge is 0.497 e. The number of fused-ring (bicyclic) bond motifs is 1. The second-order valence-electron chi connectivity index (χ2n) is 7.50. The van der Waals surface area contributed by atoms with E-state index in [9.17, 15) is 9.59 Å². The lowest BCUT2D eigenvalue weighted by Gasteiger charge is -2.38. The molecular weight excluding hydrogens is 413 g/mol. The van der Waals surface area contributed by atoms with Gasteiger partial charge in [-0.1, -0.05) is 42.5 Å². The molecule has 0 saturated carbocycles. The first-order chi connectivity index (χ1) is 14.8. The van der Waals surface area contributed by atoms with Crippen molar-refractivity contribution in [3.8, 4) is 5.75 Å². The fraction of sp³-hybridized carbons (Fsp3) is 0.364. The first-order valence-corrected chi connectivity index (χ1v) is 9.70. The molecule has 2 aromatic carbocycles. The summed E-state index contributed by atoms with van der Waals surface area (Å²) in [6.07, 6.45) is -4.96. The summed E-state index contributed by atoms with van der Waals surface area (Å²) in [6, 6.07) is 10.8. The lowest BCUT2D eigenvalue weighted by atomic mass is 9.69. The SMILES string of the molecule is COC(=O)[C@]1(C(F)(F)F)[C@H](c2ccccc2)N2CCC(=O)N2[C@H]1c1ccc(OC)cc1. The van der Waals surface area contributed by atoms with Crippen molar-refractivity contribution >= 4 is 11.9 Å². The minimum atomic E-state index is -5.02. The Morgan fingerprint density at radius 3 is 2.16 bits per heavy atom. The van der Waals surface area contributed by atoms with Crippen LogP contribution in [-0.2, 0) is 14.3 Å². The lowest BCUT2D eigenvalue weighted by molar-refractivity contribution is -0.245. The van der Waals surface area contributed by atoms with Gasteiger partial charge in [0.05, 0.1) is 20.3 Å². The minimum absolute atomic E-state index is 0.0606. The van der Waals surface area contributed by atoms with Crippen LogP contribution in [0.5, 0.6) is 5.75 Å². The van der Waals surface area contributed by atoms with Crippen molar-refractivity contribution in [1.82, 2.24) is 10.0 Å². The smallest absolute Gasteiger partial charge is 0.409 e. The fourth-order valence-corrected chi connectivity index (χ4v) is 4.78. The van der Waals surface area contributed by atoms with Gasteiger partial charge in [0.1, 0.15) is 11.8 Å². The number of hydrogen-bond acceptors (Lipinski definition) is 5. The first-order valence-electron chi connectivity index (χ1n) is 9.70. The molecule has 0 spiro atoms. The highest BCUT2D eigenvalue weighted by Crippen LogP contribution is 2.65. The van der Waals surface area contributed by atoms with Crippen molar-refractivity contribution in [1.29, 1.82) is 0 Å². The van der Waals surface area contributed by atoms with Crippen LogP contribution in [0.15, 0.2) is 54.6 Å². The summed E-state index contributed by atoms with van der Waals surface area (Å²) in [7, 11) is 2.37. The first kappa shape index (κ1) is 21.2. The third kappa shape index (κ3) is 2.98. The Hall–Kier alpha value is -3.07. The Bertz CT molecular complexity index is 981. The van der Waals surface area contributed by atoms with Crippen LogP contribution in [0.3, 0.4) is 0 Å². The molecule has 0 radical (unpaired) electrons. The molecule has 164 valence electrons. The number of benzene rings is 2. The Kier molecular flexibility index (Phi) is 5.17. The molecule has 3 atom stereocenters. The highest BCUT2D eigenvalue weighted by atomic mass is 19.4. The predicted octanol–water partition coefficient (Wildman–Crippen LogP) is 3.66. The van der Waals surface area contributed by atoms with Crippen molar-refractivity contribution in [2.75, 3.05) is 20.8 Å². The van der Waals surface area contributed by atoms with E-state index in [0.29, 0.717) is 5.75 Å². The van der Waals surface area contributed by atoms with E-state index in [1.165, 1.54) is 48.5 Å². The van der Waals surface area contributed by atoms with Crippen LogP contribution in [0.25, 0.3) is 0 Å². The van der Waals surface area contributed by atoms with Crippen LogP contribution in [0.1, 0.15) is 29.6 Å². The third-order valence-corrected chi connectivity index (χ3v) is 6.03. The average Bonchev–Trinajstić information content (AvgIpc) is 3.29. The molecule has 2 heterocycles. The molecule has 0 N–H and O–H groups in total. The Labute approximate surface area is 177 Å². The van der Waals surface area contributed by atoms with E-state index < -0.39 is 35.6 Å². The second-order valence-corrected chi connectivity index (χ2v) is 7.50. The predicted molar refractivity (Wildman–Crippen MR) is 104 cm³/mol. The van der Waals surface area contributed by atoms with E-state index in [1.807, 2.05) is 0 Å². The van der Waals surface area contributed by atoms with Crippen LogP contribution in [-0.4, -0.2) is 48.8 Å². The molecule has 1 amide bonds. The van der Waals surface area contributed by atoms with Gasteiger partial charge in [-0.25, -0.2) is 5.01 Å². The molecule has 2 saturated heterocycles. The fourth-order valence-electron chi connectivity index (χ4n) is 4.78. The van der Waals surface area contributed by atoms with E-state index >= 15 is 13.2 Å². The number of alkyl halides is 3. The molecule has 2 aliphatic rings. The van der Waals surface area contributed by atoms with Crippen molar-refractivity contribution in [2.45, 2.75) is 24.7 Å². The minimum Gasteiger partial charge on any atom is -0.497 e. The van der Waals surface area contributed by atoms with Crippen LogP contribution in [0, 0.1) is 5.41 Å². The molecule has 2 fully saturated rings. The van der Waals surface area contributed by atoms with Crippen LogP contribution >= 0.6 is 0 Å². The Morgan fingerprint density at radius 2 is 1.61 bits per heavy atom. The number of nitrogens with zero attached hydrogens (tertiary/aromatic N) is 2. The molecular formula is C22H21F3N2O4. The normalized spacial score (nSPS) is 26.1. The molecule has 6 nitrogen and oxygen atoms in total. The third-order valence-electron chi connectivity index (χ3n) is 6.03. The molecule has 0 aromatic heterocycles. The molecule has 0 bridgehead atoms. The number of carbonyl (C=O) groups is 2. The number of amides is 1. The van der Waals surface area contributed by atoms with E-state index in [4.69, 9.17) is 9.47 Å². The maximum Gasteiger partial charge on any atom is 0.409 e. The van der Waals surface area contributed by atoms with E-state index in [-0.39, 0.29) is 24.1 Å². The van der Waals surface area contributed by atoms with Gasteiger partial charge in [0.15, 0.2) is 0 Å². The van der Waals surface area contributed by atoms with Gasteiger partial charge in [0.25, 0.3) is 0 Å². The molecule has 0 aliphatic carbocycles. The average molecular weight is 434 g/mol. The van der Waals surface area contributed by atoms with Crippen LogP contribution in [0.4, 0.5) is 13.2 Å². The van der Waals surface area contributed by atoms with Gasteiger partial charge < -0.3 is 9.47 Å². The maximum absolute atomic E-state index is 15.0. The maximum atomic E-state index is 15.0. The number of rotatable bonds is 4. The van der Waals surface area contributed by atoms with Gasteiger partial charge in [-0.3, -0.25) is 14.6 Å². The summed E-state index contributed by atoms with van der Waals surface area (Å²) in [4.78, 5) is 25.9. The van der Waals surface area contributed by atoms with Gasteiger partial charge in [-0.2, -0.15) is 13.2 Å². The quantitative estimate of drug-likeness (QED) is 0.688. The summed E-state index contributed by atoms with van der Waals surface area (Å²) in [5.74, 6) is -1.46. The van der Waals surface area contributed by atoms with Gasteiger partial charge in [-0.05, 0) is 23.3 Å². The van der Waals surface area contributed by atoms with Crippen LogP contribution in [0.2, 0.25) is 0 Å². The number of esters is 1. The van der Waals surface area contributed by atoms with Gasteiger partial charge in [0, 0.05) is 13.0 Å². The summed E-state index contributed by atoms with van der Waals surface area (Å²) < 4.78 is 54.9. The number of hydrazine groups is 1. The monoisotopic (exact) mass is 434 g/mol. The van der Waals surface area contributed by atoms with Gasteiger partial charge in [0.2, 0.25) is 11.3 Å². The van der Waals surface area contributed by atoms with Gasteiger partial charge in [-0.15, -0.1) is 0 Å². The van der Waals surface area contributed by atoms with Crippen molar-refractivity contribution in [3.05, 3.63) is 65.7 Å². The molecule has 0 unspecified atom stereocenters. The number of halogens is 3. The van der Waals surface area contributed by atoms with E-state index in [1.54, 1.807) is 18.2 Å². The molecule has 9 heteroatoms. The number of hydrogen-bond donors (Lipinski definition) is 0. The number of ether oxygens (including phenoxy) is 2. The van der Waals surface area contributed by atoms with Crippen molar-refractivity contribution < 1.29 is 32.2 Å². The van der Waals surface area contributed by atoms with Crippen molar-refractivity contribution in [2.24, 2.45) is 5.41 Å². The lowest BCUT2D eigenvalue weighted by Crippen LogP contribution is -2.53. The zero-order chi connectivity index (χ0) is 22.4. The highest BCUT2D eigenvalue weighted by molar-refractivity contribution is 5.86. The zero-order valence-electron chi connectivity index (χ0n) is 16.9. The number of methoxy groups -OCH3 is 2. The molecule has 4 rings (SSSR count). The van der Waals surface area contributed by atoms with Gasteiger partial charge >= 0.3 is 12.1 Å². The standard InChI is InChI=1S/C22H21F3N2O4/c1-30-16-10-8-15(9-11-16)19-21(20(29)31-2,22(23,24)25)18(14-6-4-3-5-7-14)26-13-12-17(28)27(19)26/h3-11,18-19H,12-13H2,1-2H3/t18-,19-,21-/m0/s1. The summed E-state index contributed by atoms with van der Waals surface area (Å²) >= 11 is 0. The van der Waals surface area contributed by atoms with Crippen LogP contribution < -0.4 is 4.74 Å². The Morgan fingerprint density at radius 1 is 1.00 bits per heavy atom. The Balaban J connectivity index is 2.03. The van der Waals surface area contributed by atoms with E-state index in [2.05, 4.69) is 0 Å². The molecule has 31 heavy (non-hydrogen) atoms. The summed E-state index contributed by atoms with van der Waals surface area (Å²) in [5, 5.41) is 2.45. The highest BCUT2D eigenvalue weighted by Gasteiger charge is 2.78. The summed E-state index contributed by atoms with van der Waals surface area (Å²) in [6.45, 7) is 0.0693. The number of carbonyl (C=O) groups excluding carboxylic acids is 2. The topological polar surface area (TPSA) is 59.1 Å². The molecule has 2 aliphatic heterocycles. The van der Waals surface area contributed by atoms with Crippen molar-refractivity contribution in [3.63, 3.8) is 0 Å². The second kappa shape index (κ2) is 7.56. The molecule has 2 aromatic rings. The zero-order valence-corrected chi connectivity index (χ0v) is 16.9.